The van der Waals surface area contributed by atoms with Gasteiger partial charge in [0.15, 0.2) is 0 Å². The lowest BCUT2D eigenvalue weighted by Gasteiger charge is -2.42. The zero-order valence-corrected chi connectivity index (χ0v) is 14.3. The second-order valence-corrected chi connectivity index (χ2v) is 7.33. The van der Waals surface area contributed by atoms with Gasteiger partial charge >= 0.3 is 0 Å². The highest BCUT2D eigenvalue weighted by Crippen LogP contribution is 2.33. The van der Waals surface area contributed by atoms with E-state index in [1.165, 1.54) is 18.4 Å². The summed E-state index contributed by atoms with van der Waals surface area (Å²) in [5.41, 5.74) is 1.63. The van der Waals surface area contributed by atoms with Crippen molar-refractivity contribution in [3.63, 3.8) is 0 Å². The number of aliphatic hydroxyl groups excluding tert-OH is 1. The molecule has 0 radical (unpaired) electrons. The molecule has 0 bridgehead atoms. The summed E-state index contributed by atoms with van der Waals surface area (Å²) in [4.78, 5) is 4.76. The van der Waals surface area contributed by atoms with Crippen LogP contribution in [-0.2, 0) is 10.2 Å². The molecule has 4 nitrogen and oxygen atoms in total. The summed E-state index contributed by atoms with van der Waals surface area (Å²) in [6.45, 7) is 9.52. The Morgan fingerprint density at radius 3 is 2.52 bits per heavy atom. The van der Waals surface area contributed by atoms with Crippen LogP contribution in [0.1, 0.15) is 25.3 Å². The standard InChI is InChI=1S/C19H30N2O2/c1-19(17-6-3-2-4-7-17)8-5-9-21(16-19)15-18(22)14-20-10-12-23-13-11-20/h2-4,6-7,18,22H,5,8-16H2,1H3. The van der Waals surface area contributed by atoms with E-state index in [-0.39, 0.29) is 11.5 Å². The second kappa shape index (κ2) is 7.75. The van der Waals surface area contributed by atoms with Crippen molar-refractivity contribution in [3.8, 4) is 0 Å². The number of benzene rings is 1. The highest BCUT2D eigenvalue weighted by molar-refractivity contribution is 5.25. The number of morpholine rings is 1. The highest BCUT2D eigenvalue weighted by atomic mass is 16.5. The van der Waals surface area contributed by atoms with Crippen LogP contribution >= 0.6 is 0 Å². The molecule has 2 aliphatic rings. The van der Waals surface area contributed by atoms with E-state index in [1.54, 1.807) is 0 Å². The van der Waals surface area contributed by atoms with Gasteiger partial charge in [0, 0.05) is 38.1 Å². The molecule has 0 spiro atoms. The van der Waals surface area contributed by atoms with Crippen molar-refractivity contribution in [2.45, 2.75) is 31.3 Å². The molecule has 128 valence electrons. The monoisotopic (exact) mass is 318 g/mol. The number of aliphatic hydroxyl groups is 1. The number of ether oxygens (including phenoxy) is 1. The molecule has 0 aliphatic carbocycles. The van der Waals surface area contributed by atoms with Crippen molar-refractivity contribution in [2.75, 3.05) is 52.5 Å². The van der Waals surface area contributed by atoms with Crippen LogP contribution in [0.4, 0.5) is 0 Å². The first-order valence-corrected chi connectivity index (χ1v) is 8.92. The van der Waals surface area contributed by atoms with Crippen LogP contribution in [0.5, 0.6) is 0 Å². The Labute approximate surface area is 140 Å². The molecule has 1 aromatic rings. The summed E-state index contributed by atoms with van der Waals surface area (Å²) in [5, 5.41) is 10.5. The van der Waals surface area contributed by atoms with E-state index in [2.05, 4.69) is 47.1 Å². The smallest absolute Gasteiger partial charge is 0.0793 e. The fourth-order valence-electron chi connectivity index (χ4n) is 4.01. The fraction of sp³-hybridized carbons (Fsp3) is 0.684. The Hall–Kier alpha value is -0.940. The number of β-amino-alcohol motifs (C(OH)–C–C–N with tert-alkyl or cyclic N) is 1. The van der Waals surface area contributed by atoms with Crippen LogP contribution in [-0.4, -0.2) is 73.5 Å². The summed E-state index contributed by atoms with van der Waals surface area (Å²) in [5.74, 6) is 0. The van der Waals surface area contributed by atoms with Crippen molar-refractivity contribution in [3.05, 3.63) is 35.9 Å². The number of piperidine rings is 1. The van der Waals surface area contributed by atoms with Gasteiger partial charge in [-0.1, -0.05) is 37.3 Å². The Bertz CT molecular complexity index is 476. The largest absolute Gasteiger partial charge is 0.390 e. The molecule has 2 fully saturated rings. The number of nitrogens with zero attached hydrogens (tertiary/aromatic N) is 2. The zero-order valence-electron chi connectivity index (χ0n) is 14.3. The Kier molecular flexibility index (Phi) is 5.70. The van der Waals surface area contributed by atoms with E-state index < -0.39 is 0 Å². The Morgan fingerprint density at radius 2 is 1.78 bits per heavy atom. The summed E-state index contributed by atoms with van der Waals surface area (Å²) in [6.07, 6.45) is 2.16. The quantitative estimate of drug-likeness (QED) is 0.897. The lowest BCUT2D eigenvalue weighted by molar-refractivity contribution is 0.00251. The fourth-order valence-corrected chi connectivity index (χ4v) is 4.01. The first-order chi connectivity index (χ1) is 11.2. The predicted octanol–water partition coefficient (Wildman–Crippen LogP) is 1.73. The average Bonchev–Trinajstić information content (AvgIpc) is 2.56. The molecule has 3 rings (SSSR count). The minimum absolute atomic E-state index is 0.207. The first-order valence-electron chi connectivity index (χ1n) is 8.92. The van der Waals surface area contributed by atoms with E-state index in [0.29, 0.717) is 0 Å². The molecule has 1 N–H and O–H groups in total. The van der Waals surface area contributed by atoms with Gasteiger partial charge in [0.05, 0.1) is 19.3 Å². The van der Waals surface area contributed by atoms with Crippen molar-refractivity contribution in [2.24, 2.45) is 0 Å². The maximum absolute atomic E-state index is 10.5. The molecule has 2 heterocycles. The SMILES string of the molecule is CC1(c2ccccc2)CCCN(CC(O)CN2CCOCC2)C1. The number of hydrogen-bond acceptors (Lipinski definition) is 4. The zero-order chi connectivity index (χ0) is 16.1. The van der Waals surface area contributed by atoms with Crippen LogP contribution in [0.15, 0.2) is 30.3 Å². The van der Waals surface area contributed by atoms with Gasteiger partial charge in [0.2, 0.25) is 0 Å². The van der Waals surface area contributed by atoms with Gasteiger partial charge < -0.3 is 9.84 Å². The first kappa shape index (κ1) is 16.9. The highest BCUT2D eigenvalue weighted by Gasteiger charge is 2.33. The molecule has 2 unspecified atom stereocenters. The summed E-state index contributed by atoms with van der Waals surface area (Å²) in [6, 6.07) is 10.8. The van der Waals surface area contributed by atoms with Crippen molar-refractivity contribution in [1.29, 1.82) is 0 Å². The molecular formula is C19H30N2O2. The molecule has 23 heavy (non-hydrogen) atoms. The molecular weight excluding hydrogens is 288 g/mol. The molecule has 0 aromatic heterocycles. The average molecular weight is 318 g/mol. The maximum atomic E-state index is 10.5. The molecule has 2 atom stereocenters. The third-order valence-electron chi connectivity index (χ3n) is 5.29. The minimum Gasteiger partial charge on any atom is -0.390 e. The van der Waals surface area contributed by atoms with Gasteiger partial charge in [-0.15, -0.1) is 0 Å². The second-order valence-electron chi connectivity index (χ2n) is 7.33. The van der Waals surface area contributed by atoms with E-state index >= 15 is 0 Å². The normalized spacial score (nSPS) is 28.6. The molecule has 2 saturated heterocycles. The van der Waals surface area contributed by atoms with Gasteiger partial charge in [0.25, 0.3) is 0 Å². The summed E-state index contributed by atoms with van der Waals surface area (Å²) >= 11 is 0. The topological polar surface area (TPSA) is 35.9 Å². The van der Waals surface area contributed by atoms with Crippen LogP contribution < -0.4 is 0 Å². The van der Waals surface area contributed by atoms with Gasteiger partial charge in [-0.2, -0.15) is 0 Å². The van der Waals surface area contributed by atoms with Crippen LogP contribution in [0.25, 0.3) is 0 Å². The molecule has 2 aliphatic heterocycles. The maximum Gasteiger partial charge on any atom is 0.0793 e. The van der Waals surface area contributed by atoms with Crippen LogP contribution in [0.2, 0.25) is 0 Å². The molecule has 0 saturated carbocycles. The lowest BCUT2D eigenvalue weighted by atomic mass is 9.76. The molecule has 0 amide bonds. The van der Waals surface area contributed by atoms with Crippen LogP contribution in [0, 0.1) is 0 Å². The predicted molar refractivity (Wildman–Crippen MR) is 92.7 cm³/mol. The third kappa shape index (κ3) is 4.54. The van der Waals surface area contributed by atoms with Gasteiger partial charge in [-0.3, -0.25) is 9.80 Å². The Morgan fingerprint density at radius 1 is 1.09 bits per heavy atom. The Balaban J connectivity index is 1.54. The van der Waals surface area contributed by atoms with Crippen molar-refractivity contribution < 1.29 is 9.84 Å². The summed E-state index contributed by atoms with van der Waals surface area (Å²) < 4.78 is 5.37. The number of rotatable bonds is 5. The van der Waals surface area contributed by atoms with Crippen molar-refractivity contribution >= 4 is 0 Å². The van der Waals surface area contributed by atoms with Crippen LogP contribution in [0.3, 0.4) is 0 Å². The molecule has 4 heteroatoms. The lowest BCUT2D eigenvalue weighted by Crippen LogP contribution is -2.49. The van der Waals surface area contributed by atoms with Gasteiger partial charge in [-0.25, -0.2) is 0 Å². The van der Waals surface area contributed by atoms with E-state index in [9.17, 15) is 5.11 Å². The van der Waals surface area contributed by atoms with Gasteiger partial charge in [0.1, 0.15) is 0 Å². The summed E-state index contributed by atoms with van der Waals surface area (Å²) in [7, 11) is 0. The van der Waals surface area contributed by atoms with Crippen molar-refractivity contribution in [1.82, 2.24) is 9.80 Å². The minimum atomic E-state index is -0.272. The molecule has 1 aromatic carbocycles. The van der Waals surface area contributed by atoms with E-state index in [0.717, 1.165) is 52.5 Å². The third-order valence-corrected chi connectivity index (χ3v) is 5.29. The van der Waals surface area contributed by atoms with Gasteiger partial charge in [-0.05, 0) is 24.9 Å². The van der Waals surface area contributed by atoms with E-state index in [4.69, 9.17) is 4.74 Å². The van der Waals surface area contributed by atoms with E-state index in [1.807, 2.05) is 0 Å². The number of likely N-dealkylation sites (tertiary alicyclic amines) is 1. The number of hydrogen-bond donors (Lipinski definition) is 1.